The van der Waals surface area contributed by atoms with Crippen molar-refractivity contribution in [3.8, 4) is 0 Å². The van der Waals surface area contributed by atoms with Crippen molar-refractivity contribution in [1.82, 2.24) is 9.97 Å². The highest BCUT2D eigenvalue weighted by Crippen LogP contribution is 2.24. The molecule has 0 spiro atoms. The lowest BCUT2D eigenvalue weighted by molar-refractivity contribution is -0.158. The van der Waals surface area contributed by atoms with Crippen molar-refractivity contribution in [3.05, 3.63) is 18.0 Å². The van der Waals surface area contributed by atoms with Gasteiger partial charge >= 0.3 is 11.9 Å². The molecular weight excluding hydrogens is 324 g/mol. The fourth-order valence-corrected chi connectivity index (χ4v) is 2.73. The van der Waals surface area contributed by atoms with Crippen molar-refractivity contribution < 1.29 is 19.1 Å². The summed E-state index contributed by atoms with van der Waals surface area (Å²) in [6.07, 6.45) is 4.41. The Kier molecular flexibility index (Phi) is 5.94. The maximum atomic E-state index is 12.1. The molecule has 2 rings (SSSR count). The van der Waals surface area contributed by atoms with Crippen LogP contribution >= 0.6 is 0 Å². The monoisotopic (exact) mass is 350 g/mol. The molecule has 0 saturated carbocycles. The molecule has 25 heavy (non-hydrogen) atoms. The van der Waals surface area contributed by atoms with Gasteiger partial charge < -0.3 is 20.1 Å². The summed E-state index contributed by atoms with van der Waals surface area (Å²) < 4.78 is 9.99. The van der Waals surface area contributed by atoms with Crippen LogP contribution in [0.5, 0.6) is 0 Å². The molecule has 138 valence electrons. The predicted molar refractivity (Wildman–Crippen MR) is 92.1 cm³/mol. The molecule has 0 radical (unpaired) electrons. The molecular formula is C17H26N4O4. The highest BCUT2D eigenvalue weighted by Gasteiger charge is 2.32. The Bertz CT molecular complexity index is 604. The number of carbonyl (C=O) groups is 2. The van der Waals surface area contributed by atoms with Crippen LogP contribution in [0.2, 0.25) is 0 Å². The fraction of sp³-hybridized carbons (Fsp3) is 0.647. The molecule has 0 bridgehead atoms. The van der Waals surface area contributed by atoms with Gasteiger partial charge in [0, 0.05) is 25.5 Å². The molecule has 1 aromatic rings. The third-order valence-corrected chi connectivity index (χ3v) is 4.07. The van der Waals surface area contributed by atoms with E-state index in [1.807, 2.05) is 25.7 Å². The largest absolute Gasteiger partial charge is 0.465 e. The highest BCUT2D eigenvalue weighted by atomic mass is 16.6. The van der Waals surface area contributed by atoms with E-state index in [4.69, 9.17) is 10.5 Å². The molecule has 1 unspecified atom stereocenters. The summed E-state index contributed by atoms with van der Waals surface area (Å²) in [5.41, 5.74) is 5.85. The Morgan fingerprint density at radius 2 is 1.80 bits per heavy atom. The van der Waals surface area contributed by atoms with Gasteiger partial charge in [-0.25, -0.2) is 14.8 Å². The third kappa shape index (κ3) is 5.12. The van der Waals surface area contributed by atoms with Gasteiger partial charge in [0.25, 0.3) is 0 Å². The van der Waals surface area contributed by atoms with E-state index in [-0.39, 0.29) is 11.9 Å². The van der Waals surface area contributed by atoms with Crippen LogP contribution in [0.15, 0.2) is 12.4 Å². The summed E-state index contributed by atoms with van der Waals surface area (Å²) in [4.78, 5) is 34.0. The van der Waals surface area contributed by atoms with Gasteiger partial charge in [-0.1, -0.05) is 0 Å². The number of ether oxygens (including phenoxy) is 2. The molecule has 1 aromatic heterocycles. The number of carbonyl (C=O) groups excluding carboxylic acids is 2. The first-order valence-corrected chi connectivity index (χ1v) is 8.35. The summed E-state index contributed by atoms with van der Waals surface area (Å²) in [5.74, 6) is -0.199. The molecule has 1 saturated heterocycles. The molecule has 1 atom stereocenters. The van der Waals surface area contributed by atoms with Crippen LogP contribution in [0.1, 0.15) is 44.0 Å². The first-order valence-electron chi connectivity index (χ1n) is 8.35. The lowest BCUT2D eigenvalue weighted by Crippen LogP contribution is -2.47. The number of piperidine rings is 1. The van der Waals surface area contributed by atoms with Crippen LogP contribution in [0.3, 0.4) is 0 Å². The van der Waals surface area contributed by atoms with Crippen LogP contribution in [-0.2, 0) is 14.3 Å². The van der Waals surface area contributed by atoms with Gasteiger partial charge in [0.05, 0.1) is 12.7 Å². The third-order valence-electron chi connectivity index (χ3n) is 4.07. The average molecular weight is 350 g/mol. The molecule has 8 heteroatoms. The zero-order valence-corrected chi connectivity index (χ0v) is 15.2. The number of hydrogen-bond donors (Lipinski definition) is 1. The van der Waals surface area contributed by atoms with E-state index < -0.39 is 17.6 Å². The van der Waals surface area contributed by atoms with Crippen molar-refractivity contribution in [2.45, 2.75) is 45.3 Å². The van der Waals surface area contributed by atoms with E-state index in [1.54, 1.807) is 0 Å². The van der Waals surface area contributed by atoms with E-state index in [2.05, 4.69) is 14.7 Å². The van der Waals surface area contributed by atoms with Crippen molar-refractivity contribution >= 4 is 17.9 Å². The van der Waals surface area contributed by atoms with Gasteiger partial charge in [-0.05, 0) is 39.5 Å². The molecule has 1 fully saturated rings. The second-order valence-corrected chi connectivity index (χ2v) is 7.15. The maximum absolute atomic E-state index is 12.1. The molecule has 0 amide bonds. The number of nitrogens with two attached hydrogens (primary N) is 1. The van der Waals surface area contributed by atoms with Crippen molar-refractivity contribution in [1.29, 1.82) is 0 Å². The highest BCUT2D eigenvalue weighted by molar-refractivity contribution is 5.88. The minimum atomic E-state index is -0.621. The normalized spacial score (nSPS) is 17.1. The lowest BCUT2D eigenvalue weighted by atomic mass is 9.90. The van der Waals surface area contributed by atoms with Gasteiger partial charge in [0.2, 0.25) is 5.95 Å². The number of esters is 2. The molecule has 1 aliphatic rings. The van der Waals surface area contributed by atoms with Crippen LogP contribution in [0, 0.1) is 5.92 Å². The van der Waals surface area contributed by atoms with Crippen LogP contribution in [0.4, 0.5) is 5.95 Å². The van der Waals surface area contributed by atoms with Crippen LogP contribution in [-0.4, -0.2) is 53.7 Å². The number of anilines is 1. The van der Waals surface area contributed by atoms with E-state index >= 15 is 0 Å². The Morgan fingerprint density at radius 1 is 1.24 bits per heavy atom. The van der Waals surface area contributed by atoms with E-state index in [1.165, 1.54) is 19.5 Å². The number of aromatic nitrogens is 2. The minimum absolute atomic E-state index is 0.0699. The number of nitrogens with zero attached hydrogens (tertiary/aromatic N) is 3. The maximum Gasteiger partial charge on any atom is 0.341 e. The SMILES string of the molecule is COC(=O)c1cnc(N2CCC(C(N)C(=O)OC(C)(C)C)CC2)nc1. The number of rotatable bonds is 4. The van der Waals surface area contributed by atoms with E-state index in [9.17, 15) is 9.59 Å². The second-order valence-electron chi connectivity index (χ2n) is 7.15. The Balaban J connectivity index is 1.91. The molecule has 2 N–H and O–H groups in total. The Morgan fingerprint density at radius 3 is 2.28 bits per heavy atom. The summed E-state index contributed by atoms with van der Waals surface area (Å²) in [5, 5.41) is 0. The predicted octanol–water partition coefficient (Wildman–Crippen LogP) is 1.15. The number of hydrogen-bond acceptors (Lipinski definition) is 8. The topological polar surface area (TPSA) is 108 Å². The second kappa shape index (κ2) is 7.77. The van der Waals surface area contributed by atoms with Gasteiger partial charge in [-0.3, -0.25) is 4.79 Å². The summed E-state index contributed by atoms with van der Waals surface area (Å²) in [6, 6.07) is -0.621. The smallest absolute Gasteiger partial charge is 0.341 e. The van der Waals surface area contributed by atoms with Gasteiger partial charge in [-0.2, -0.15) is 0 Å². The molecule has 0 aromatic carbocycles. The van der Waals surface area contributed by atoms with Crippen molar-refractivity contribution in [2.24, 2.45) is 11.7 Å². The first kappa shape index (κ1) is 19.1. The Labute approximate surface area is 147 Å². The summed E-state index contributed by atoms with van der Waals surface area (Å²) in [6.45, 7) is 6.87. The quantitative estimate of drug-likeness (QED) is 0.806. The van der Waals surface area contributed by atoms with Crippen molar-refractivity contribution in [2.75, 3.05) is 25.1 Å². The van der Waals surface area contributed by atoms with Gasteiger partial charge in [0.1, 0.15) is 11.6 Å². The summed E-state index contributed by atoms with van der Waals surface area (Å²) in [7, 11) is 1.31. The zero-order valence-electron chi connectivity index (χ0n) is 15.2. The minimum Gasteiger partial charge on any atom is -0.465 e. The van der Waals surface area contributed by atoms with Gasteiger partial charge in [-0.15, -0.1) is 0 Å². The van der Waals surface area contributed by atoms with Crippen LogP contribution in [0.25, 0.3) is 0 Å². The molecule has 1 aliphatic heterocycles. The van der Waals surface area contributed by atoms with E-state index in [0.29, 0.717) is 24.6 Å². The van der Waals surface area contributed by atoms with Crippen molar-refractivity contribution in [3.63, 3.8) is 0 Å². The lowest BCUT2D eigenvalue weighted by Gasteiger charge is -2.34. The zero-order chi connectivity index (χ0) is 18.6. The number of methoxy groups -OCH3 is 1. The Hall–Kier alpha value is -2.22. The standard InChI is InChI=1S/C17H26N4O4/c1-17(2,3)25-15(23)13(18)11-5-7-21(8-6-11)16-19-9-12(10-20-16)14(22)24-4/h9-11,13H,5-8,18H2,1-4H3. The first-order chi connectivity index (χ1) is 11.7. The molecule has 2 heterocycles. The average Bonchev–Trinajstić information content (AvgIpc) is 2.59. The van der Waals surface area contributed by atoms with Crippen LogP contribution < -0.4 is 10.6 Å². The molecule has 8 nitrogen and oxygen atoms in total. The summed E-state index contributed by atoms with van der Waals surface area (Å²) >= 11 is 0. The fourth-order valence-electron chi connectivity index (χ4n) is 2.73. The molecule has 0 aliphatic carbocycles. The van der Waals surface area contributed by atoms with E-state index in [0.717, 1.165) is 12.8 Å². The van der Waals surface area contributed by atoms with Gasteiger partial charge in [0.15, 0.2) is 0 Å².